The highest BCUT2D eigenvalue weighted by Crippen LogP contribution is 2.51. The van der Waals surface area contributed by atoms with Crippen LogP contribution in [0.4, 0.5) is 33.5 Å². The van der Waals surface area contributed by atoms with Crippen LogP contribution in [-0.4, -0.2) is 87.8 Å². The number of hydrogen-bond donors (Lipinski definition) is 0. The average Bonchev–Trinajstić information content (AvgIpc) is 3.35. The van der Waals surface area contributed by atoms with Crippen LogP contribution in [0.5, 0.6) is 0 Å². The number of thioether (sulfide) groups is 1. The number of hydrogen-bond acceptors (Lipinski definition) is 7. The normalized spacial score (nSPS) is 22.7. The molecule has 1 fully saturated rings. The van der Waals surface area contributed by atoms with Crippen LogP contribution in [0.1, 0.15) is 30.5 Å². The molecular weight excluding hydrogens is 649 g/mol. The monoisotopic (exact) mass is 680 g/mol. The molecule has 7 rings (SSSR count). The highest BCUT2D eigenvalue weighted by atomic mass is 32.2. The van der Waals surface area contributed by atoms with Crippen LogP contribution in [0.15, 0.2) is 70.2 Å². The van der Waals surface area contributed by atoms with E-state index >= 15 is 17.6 Å². The summed E-state index contributed by atoms with van der Waals surface area (Å²) in [5.41, 5.74) is -0.0604. The lowest BCUT2D eigenvalue weighted by atomic mass is 9.92. The van der Waals surface area contributed by atoms with E-state index in [9.17, 15) is 9.18 Å². The fourth-order valence-electron chi connectivity index (χ4n) is 7.02. The van der Waals surface area contributed by atoms with Crippen molar-refractivity contribution in [2.75, 3.05) is 37.0 Å². The Morgan fingerprint density at radius 2 is 1.83 bits per heavy atom. The minimum Gasteiger partial charge on any atom is -0.352 e. The Kier molecular flexibility index (Phi) is 8.09. The van der Waals surface area contributed by atoms with Crippen LogP contribution < -0.4 is 4.90 Å². The van der Waals surface area contributed by atoms with Crippen molar-refractivity contribution >= 4 is 47.4 Å². The summed E-state index contributed by atoms with van der Waals surface area (Å²) < 4.78 is 76.2. The SMILES string of the molecule is C=CC(=O)N1[C@H](C)CN(C2=NCN3CC(/C=[N+]4/N=Cc5cccnc54)CSc4c(-c5ccc(F)cc5F)c(C(F)(F)F)cc2c43)C[C@@H]1C. The van der Waals surface area contributed by atoms with Crippen molar-refractivity contribution in [3.8, 4) is 11.1 Å². The van der Waals surface area contributed by atoms with Gasteiger partial charge in [-0.15, -0.1) is 16.4 Å². The fourth-order valence-corrected chi connectivity index (χ4v) is 8.34. The first-order valence-electron chi connectivity index (χ1n) is 15.4. The van der Waals surface area contributed by atoms with Gasteiger partial charge in [0.2, 0.25) is 5.91 Å². The average molecular weight is 681 g/mol. The summed E-state index contributed by atoms with van der Waals surface area (Å²) in [4.78, 5) is 27.7. The summed E-state index contributed by atoms with van der Waals surface area (Å²) in [7, 11) is 0. The molecule has 0 spiro atoms. The van der Waals surface area contributed by atoms with E-state index in [1.165, 1.54) is 17.8 Å². The number of amidine groups is 1. The number of aliphatic imine (C=N–C) groups is 1. The summed E-state index contributed by atoms with van der Waals surface area (Å²) in [6.45, 7) is 8.59. The minimum atomic E-state index is -4.87. The molecule has 0 aliphatic carbocycles. The van der Waals surface area contributed by atoms with E-state index in [-0.39, 0.29) is 52.2 Å². The Bertz CT molecular complexity index is 1910. The number of rotatable bonds is 3. The fraction of sp³-hybridized carbons (Fsp3) is 0.324. The van der Waals surface area contributed by atoms with Crippen molar-refractivity contribution in [2.45, 2.75) is 37.0 Å². The first-order valence-corrected chi connectivity index (χ1v) is 16.4. The van der Waals surface area contributed by atoms with Gasteiger partial charge in [0, 0.05) is 71.0 Å². The smallest absolute Gasteiger partial charge is 0.352 e. The van der Waals surface area contributed by atoms with Crippen molar-refractivity contribution in [3.05, 3.63) is 83.6 Å². The molecule has 4 aliphatic rings. The molecule has 2 aromatic carbocycles. The van der Waals surface area contributed by atoms with E-state index in [1.54, 1.807) is 22.0 Å². The molecule has 248 valence electrons. The van der Waals surface area contributed by atoms with Crippen LogP contribution in [0.3, 0.4) is 0 Å². The Morgan fingerprint density at radius 3 is 2.54 bits per heavy atom. The summed E-state index contributed by atoms with van der Waals surface area (Å²) in [5, 5.41) is 4.46. The molecule has 0 N–H and O–H groups in total. The third kappa shape index (κ3) is 5.55. The largest absolute Gasteiger partial charge is 0.417 e. The molecule has 1 saturated heterocycles. The molecule has 1 aromatic heterocycles. The lowest BCUT2D eigenvalue weighted by Crippen LogP contribution is -2.60. The van der Waals surface area contributed by atoms with Gasteiger partial charge in [-0.25, -0.2) is 13.8 Å². The Balaban J connectivity index is 1.38. The number of carbonyl (C=O) groups excluding carboxylic acids is 1. The molecule has 1 amide bonds. The van der Waals surface area contributed by atoms with Gasteiger partial charge < -0.3 is 14.7 Å². The predicted molar refractivity (Wildman–Crippen MR) is 175 cm³/mol. The quantitative estimate of drug-likeness (QED) is 0.188. The number of alkyl halides is 3. The number of halogens is 5. The Morgan fingerprint density at radius 1 is 1.06 bits per heavy atom. The zero-order valence-electron chi connectivity index (χ0n) is 26.1. The summed E-state index contributed by atoms with van der Waals surface area (Å²) in [5.74, 6) is -1.02. The topological polar surface area (TPSA) is 67.4 Å². The summed E-state index contributed by atoms with van der Waals surface area (Å²) in [6.07, 6.45) is 1.64. The van der Waals surface area contributed by atoms with E-state index in [2.05, 4.69) is 16.7 Å². The summed E-state index contributed by atoms with van der Waals surface area (Å²) >= 11 is 1.20. The lowest BCUT2D eigenvalue weighted by Gasteiger charge is -2.46. The molecule has 0 bridgehead atoms. The Hall–Kier alpha value is -4.59. The molecule has 3 atom stereocenters. The number of carbonyl (C=O) groups is 1. The summed E-state index contributed by atoms with van der Waals surface area (Å²) in [6, 6.07) is 6.86. The minimum absolute atomic E-state index is 0.142. The zero-order chi connectivity index (χ0) is 33.9. The highest BCUT2D eigenvalue weighted by Gasteiger charge is 2.43. The van der Waals surface area contributed by atoms with Gasteiger partial charge in [0.15, 0.2) is 0 Å². The molecule has 8 nitrogen and oxygen atoms in total. The van der Waals surface area contributed by atoms with Gasteiger partial charge >= 0.3 is 12.0 Å². The second kappa shape index (κ2) is 12.1. The van der Waals surface area contributed by atoms with E-state index in [4.69, 9.17) is 4.99 Å². The van der Waals surface area contributed by atoms with Gasteiger partial charge in [0.25, 0.3) is 0 Å². The second-order valence-corrected chi connectivity index (χ2v) is 13.3. The van der Waals surface area contributed by atoms with Crippen molar-refractivity contribution < 1.29 is 31.4 Å². The van der Waals surface area contributed by atoms with Crippen LogP contribution in [0, 0.1) is 17.6 Å². The van der Waals surface area contributed by atoms with Crippen molar-refractivity contribution in [2.24, 2.45) is 16.0 Å². The van der Waals surface area contributed by atoms with Crippen molar-refractivity contribution in [1.82, 2.24) is 14.8 Å². The van der Waals surface area contributed by atoms with Crippen LogP contribution in [0.25, 0.3) is 11.1 Å². The highest BCUT2D eigenvalue weighted by molar-refractivity contribution is 7.99. The van der Waals surface area contributed by atoms with E-state index < -0.39 is 23.4 Å². The number of hydrazone groups is 1. The molecule has 5 heterocycles. The maximum atomic E-state index is 15.4. The van der Waals surface area contributed by atoms with E-state index in [0.29, 0.717) is 48.8 Å². The molecule has 14 heteroatoms. The number of piperazine rings is 1. The number of nitrogens with zero attached hydrogens (tertiary/aromatic N) is 7. The van der Waals surface area contributed by atoms with Gasteiger partial charge in [0.1, 0.15) is 36.6 Å². The number of fused-ring (bicyclic) bond motifs is 1. The molecule has 0 saturated carbocycles. The van der Waals surface area contributed by atoms with Gasteiger partial charge in [-0.3, -0.25) is 4.79 Å². The third-order valence-corrected chi connectivity index (χ3v) is 10.2. The van der Waals surface area contributed by atoms with Crippen LogP contribution in [0.2, 0.25) is 0 Å². The van der Waals surface area contributed by atoms with Crippen molar-refractivity contribution in [1.29, 1.82) is 0 Å². The first kappa shape index (κ1) is 32.0. The van der Waals surface area contributed by atoms with Crippen LogP contribution >= 0.6 is 11.8 Å². The van der Waals surface area contributed by atoms with Crippen molar-refractivity contribution in [3.63, 3.8) is 0 Å². The number of aromatic nitrogens is 1. The molecule has 4 aliphatic heterocycles. The van der Waals surface area contributed by atoms with Gasteiger partial charge in [-0.2, -0.15) is 13.2 Å². The molecule has 3 aromatic rings. The van der Waals surface area contributed by atoms with Gasteiger partial charge in [-0.1, -0.05) is 11.7 Å². The number of anilines is 1. The second-order valence-electron chi connectivity index (χ2n) is 12.3. The first-order chi connectivity index (χ1) is 22.9. The van der Waals surface area contributed by atoms with E-state index in [0.717, 1.165) is 23.8 Å². The molecule has 48 heavy (non-hydrogen) atoms. The molecule has 0 radical (unpaired) electrons. The molecular formula is C34H31F5N7OS+. The maximum absolute atomic E-state index is 15.4. The van der Waals surface area contributed by atoms with Gasteiger partial charge in [-0.05, 0) is 55.2 Å². The maximum Gasteiger partial charge on any atom is 0.417 e. The third-order valence-electron chi connectivity index (χ3n) is 8.96. The molecule has 1 unspecified atom stereocenters. The van der Waals surface area contributed by atoms with E-state index in [1.807, 2.05) is 42.0 Å². The lowest BCUT2D eigenvalue weighted by molar-refractivity contribution is -0.441. The number of pyridine rings is 1. The van der Waals surface area contributed by atoms with Gasteiger partial charge in [0.05, 0.1) is 23.0 Å². The number of benzene rings is 2. The Labute approximate surface area is 278 Å². The standard InChI is InChI=1S/C34H31F5N7OS/c1-4-28(47)46-19(2)13-43(14-20(46)3)33-25-11-26(34(37,38)39)29(24-8-7-23(35)10-27(24)36)31-30(25)44(18-41-33)15-21(17-48-31)16-45-32-22(12-42-45)6-5-9-40-32/h4-12,16,19-21H,1,13-15,17-18H2,2-3H3/q+1/b45-16+/t19-,20+,21?. The van der Waals surface area contributed by atoms with Crippen LogP contribution in [-0.2, 0) is 11.0 Å². The number of amides is 1. The predicted octanol–water partition coefficient (Wildman–Crippen LogP) is 6.16. The zero-order valence-corrected chi connectivity index (χ0v) is 26.9.